The molecule has 0 radical (unpaired) electrons. The monoisotopic (exact) mass is 343 g/mol. The van der Waals surface area contributed by atoms with Crippen molar-refractivity contribution >= 4 is 38.9 Å². The number of aryl methyl sites for hydroxylation is 2. The predicted octanol–water partition coefficient (Wildman–Crippen LogP) is 5.09. The van der Waals surface area contributed by atoms with Gasteiger partial charge >= 0.3 is 0 Å². The van der Waals surface area contributed by atoms with Gasteiger partial charge in [-0.1, -0.05) is 29.8 Å². The normalized spacial score (nSPS) is 12.7. The summed E-state index contributed by atoms with van der Waals surface area (Å²) >= 11 is 11.2. The molecule has 0 bridgehead atoms. The SMILES string of the molecule is CNC(c1ccc(C)c(C)c1)c1cc(Br)c(Cl)s1. The summed E-state index contributed by atoms with van der Waals surface area (Å²) in [6.45, 7) is 4.27. The summed E-state index contributed by atoms with van der Waals surface area (Å²) in [4.78, 5) is 1.22. The molecule has 1 aromatic carbocycles. The smallest absolute Gasteiger partial charge is 0.107 e. The van der Waals surface area contributed by atoms with Gasteiger partial charge in [0.1, 0.15) is 4.34 Å². The molecule has 4 heteroatoms. The van der Waals surface area contributed by atoms with E-state index >= 15 is 0 Å². The van der Waals surface area contributed by atoms with Crippen LogP contribution in [0.25, 0.3) is 0 Å². The molecule has 0 fully saturated rings. The van der Waals surface area contributed by atoms with E-state index in [0.717, 1.165) is 8.81 Å². The van der Waals surface area contributed by atoms with Gasteiger partial charge in [0.25, 0.3) is 0 Å². The predicted molar refractivity (Wildman–Crippen MR) is 83.8 cm³/mol. The van der Waals surface area contributed by atoms with Gasteiger partial charge in [0.2, 0.25) is 0 Å². The number of rotatable bonds is 3. The second-order valence-corrected chi connectivity index (χ2v) is 6.88. The first-order valence-electron chi connectivity index (χ1n) is 5.72. The van der Waals surface area contributed by atoms with Crippen molar-refractivity contribution < 1.29 is 0 Å². The van der Waals surface area contributed by atoms with E-state index < -0.39 is 0 Å². The van der Waals surface area contributed by atoms with Crippen molar-refractivity contribution in [2.24, 2.45) is 0 Å². The fourth-order valence-electron chi connectivity index (χ4n) is 1.92. The zero-order chi connectivity index (χ0) is 13.3. The molecule has 0 spiro atoms. The number of halogens is 2. The summed E-state index contributed by atoms with van der Waals surface area (Å²) in [5, 5.41) is 3.35. The molecule has 96 valence electrons. The van der Waals surface area contributed by atoms with E-state index in [9.17, 15) is 0 Å². The molecule has 1 atom stereocenters. The first-order valence-corrected chi connectivity index (χ1v) is 7.71. The molecule has 18 heavy (non-hydrogen) atoms. The minimum absolute atomic E-state index is 0.193. The maximum absolute atomic E-state index is 6.12. The summed E-state index contributed by atoms with van der Waals surface area (Å²) in [6, 6.07) is 8.85. The molecule has 2 aromatic rings. The van der Waals surface area contributed by atoms with Gasteiger partial charge in [-0.15, -0.1) is 11.3 Å². The average Bonchev–Trinajstić information content (AvgIpc) is 2.65. The second kappa shape index (κ2) is 5.74. The van der Waals surface area contributed by atoms with Gasteiger partial charge in [0.05, 0.1) is 6.04 Å². The highest BCUT2D eigenvalue weighted by molar-refractivity contribution is 9.10. The molecule has 1 unspecified atom stereocenters. The molecule has 0 saturated heterocycles. The maximum Gasteiger partial charge on any atom is 0.107 e. The van der Waals surface area contributed by atoms with Gasteiger partial charge in [0.15, 0.2) is 0 Å². The molecular weight excluding hydrogens is 330 g/mol. The van der Waals surface area contributed by atoms with Crippen LogP contribution in [-0.4, -0.2) is 7.05 Å². The lowest BCUT2D eigenvalue weighted by molar-refractivity contribution is 0.703. The van der Waals surface area contributed by atoms with Crippen LogP contribution in [0.15, 0.2) is 28.7 Å². The van der Waals surface area contributed by atoms with Crippen LogP contribution >= 0.6 is 38.9 Å². The summed E-state index contributed by atoms with van der Waals surface area (Å²) in [7, 11) is 1.97. The molecule has 0 saturated carbocycles. The topological polar surface area (TPSA) is 12.0 Å². The van der Waals surface area contributed by atoms with Crippen molar-refractivity contribution in [2.75, 3.05) is 7.05 Å². The van der Waals surface area contributed by atoms with Crippen molar-refractivity contribution in [1.29, 1.82) is 0 Å². The van der Waals surface area contributed by atoms with Crippen molar-refractivity contribution in [3.8, 4) is 0 Å². The number of benzene rings is 1. The van der Waals surface area contributed by atoms with E-state index in [0.29, 0.717) is 0 Å². The van der Waals surface area contributed by atoms with Crippen LogP contribution in [0.2, 0.25) is 4.34 Å². The second-order valence-electron chi connectivity index (χ2n) is 4.34. The molecule has 1 N–H and O–H groups in total. The van der Waals surface area contributed by atoms with Gasteiger partial charge in [-0.25, -0.2) is 0 Å². The summed E-state index contributed by atoms with van der Waals surface area (Å²) in [5.74, 6) is 0. The molecule has 0 aliphatic heterocycles. The lowest BCUT2D eigenvalue weighted by Gasteiger charge is -2.16. The molecule has 2 rings (SSSR count). The molecule has 1 nitrogen and oxygen atoms in total. The summed E-state index contributed by atoms with van der Waals surface area (Å²) in [6.07, 6.45) is 0. The quantitative estimate of drug-likeness (QED) is 0.818. The van der Waals surface area contributed by atoms with Gasteiger partial charge in [-0.05, 0) is 59.6 Å². The third-order valence-electron chi connectivity index (χ3n) is 3.10. The minimum Gasteiger partial charge on any atom is -0.309 e. The molecule has 1 heterocycles. The van der Waals surface area contributed by atoms with E-state index in [-0.39, 0.29) is 6.04 Å². The van der Waals surface area contributed by atoms with E-state index in [4.69, 9.17) is 11.6 Å². The molecule has 1 aromatic heterocycles. The van der Waals surface area contributed by atoms with Gasteiger partial charge in [-0.3, -0.25) is 0 Å². The highest BCUT2D eigenvalue weighted by Gasteiger charge is 2.16. The lowest BCUT2D eigenvalue weighted by Crippen LogP contribution is -2.16. The van der Waals surface area contributed by atoms with Crippen LogP contribution in [0.5, 0.6) is 0 Å². The Bertz CT molecular complexity index is 545. The molecule has 0 amide bonds. The highest BCUT2D eigenvalue weighted by atomic mass is 79.9. The summed E-state index contributed by atoms with van der Waals surface area (Å²) in [5.41, 5.74) is 3.90. The standard InChI is InChI=1S/C14H15BrClNS/c1-8-4-5-10(6-9(8)2)13(17-3)12-7-11(15)14(16)18-12/h4-7,13,17H,1-3H3. The minimum atomic E-state index is 0.193. The Labute approximate surface area is 125 Å². The fraction of sp³-hybridized carbons (Fsp3) is 0.286. The highest BCUT2D eigenvalue weighted by Crippen LogP contribution is 2.37. The van der Waals surface area contributed by atoms with Crippen molar-refractivity contribution in [1.82, 2.24) is 5.32 Å². The van der Waals surface area contributed by atoms with E-state index in [1.165, 1.54) is 21.6 Å². The van der Waals surface area contributed by atoms with Crippen LogP contribution in [0.4, 0.5) is 0 Å². The van der Waals surface area contributed by atoms with E-state index in [2.05, 4.69) is 59.4 Å². The maximum atomic E-state index is 6.12. The first kappa shape index (κ1) is 14.1. The zero-order valence-corrected chi connectivity index (χ0v) is 13.7. The van der Waals surface area contributed by atoms with Gasteiger partial charge in [-0.2, -0.15) is 0 Å². The Kier molecular flexibility index (Phi) is 4.49. The molecular formula is C14H15BrClNS. The average molecular weight is 345 g/mol. The first-order chi connectivity index (χ1) is 8.52. The van der Waals surface area contributed by atoms with Crippen LogP contribution in [-0.2, 0) is 0 Å². The number of hydrogen-bond donors (Lipinski definition) is 1. The third kappa shape index (κ3) is 2.80. The Hall–Kier alpha value is -0.350. The lowest BCUT2D eigenvalue weighted by atomic mass is 10.0. The van der Waals surface area contributed by atoms with Gasteiger partial charge in [0, 0.05) is 9.35 Å². The van der Waals surface area contributed by atoms with E-state index in [1.54, 1.807) is 11.3 Å². The van der Waals surface area contributed by atoms with Crippen LogP contribution in [0.3, 0.4) is 0 Å². The number of nitrogens with one attached hydrogen (secondary N) is 1. The van der Waals surface area contributed by atoms with E-state index in [1.807, 2.05) is 7.05 Å². The largest absolute Gasteiger partial charge is 0.309 e. The molecule has 0 aliphatic carbocycles. The van der Waals surface area contributed by atoms with Crippen LogP contribution < -0.4 is 5.32 Å². The summed E-state index contributed by atoms with van der Waals surface area (Å²) < 4.78 is 1.77. The van der Waals surface area contributed by atoms with Crippen molar-refractivity contribution in [3.63, 3.8) is 0 Å². The van der Waals surface area contributed by atoms with Crippen molar-refractivity contribution in [3.05, 3.63) is 54.6 Å². The number of hydrogen-bond acceptors (Lipinski definition) is 2. The Morgan fingerprint density at radius 3 is 2.44 bits per heavy atom. The van der Waals surface area contributed by atoms with Crippen LogP contribution in [0.1, 0.15) is 27.6 Å². The van der Waals surface area contributed by atoms with Crippen molar-refractivity contribution in [2.45, 2.75) is 19.9 Å². The Balaban J connectivity index is 2.41. The third-order valence-corrected chi connectivity index (χ3v) is 5.64. The van der Waals surface area contributed by atoms with Crippen LogP contribution in [0, 0.1) is 13.8 Å². The van der Waals surface area contributed by atoms with Gasteiger partial charge < -0.3 is 5.32 Å². The Morgan fingerprint density at radius 1 is 1.22 bits per heavy atom. The molecule has 0 aliphatic rings. The fourth-order valence-corrected chi connectivity index (χ4v) is 3.80. The number of thiophene rings is 1. The zero-order valence-electron chi connectivity index (χ0n) is 10.6. The Morgan fingerprint density at radius 2 is 1.94 bits per heavy atom.